The van der Waals surface area contributed by atoms with Crippen LogP contribution in [0.1, 0.15) is 17.5 Å². The van der Waals surface area contributed by atoms with E-state index in [2.05, 4.69) is 0 Å². The number of nitrogen functional groups attached to an aromatic ring is 1. The van der Waals surface area contributed by atoms with Crippen molar-refractivity contribution < 1.29 is 13.2 Å². The predicted octanol–water partition coefficient (Wildman–Crippen LogP) is 3.27. The van der Waals surface area contributed by atoms with Gasteiger partial charge in [-0.1, -0.05) is 18.2 Å². The smallest absolute Gasteiger partial charge is 0.399 e. The van der Waals surface area contributed by atoms with E-state index in [-0.39, 0.29) is 6.42 Å². The minimum absolute atomic E-state index is 0.0604. The van der Waals surface area contributed by atoms with Crippen LogP contribution in [0.5, 0.6) is 0 Å². The van der Waals surface area contributed by atoms with Crippen LogP contribution in [0, 0.1) is 6.92 Å². The lowest BCUT2D eigenvalue weighted by molar-refractivity contribution is -0.0960. The van der Waals surface area contributed by atoms with Crippen molar-refractivity contribution in [3.63, 3.8) is 0 Å². The van der Waals surface area contributed by atoms with Gasteiger partial charge in [0, 0.05) is 30.9 Å². The largest absolute Gasteiger partial charge is 0.412 e. The summed E-state index contributed by atoms with van der Waals surface area (Å²) in [4.78, 5) is 1.99. The topological polar surface area (TPSA) is 29.3 Å². The number of alkyl halides is 3. The first kappa shape index (κ1) is 13.9. The second-order valence-electron chi connectivity index (χ2n) is 4.90. The van der Waals surface area contributed by atoms with Crippen LogP contribution in [0.4, 0.5) is 18.9 Å². The molecule has 0 spiro atoms. The summed E-state index contributed by atoms with van der Waals surface area (Å²) >= 11 is 0. The number of rotatable bonds is 2. The van der Waals surface area contributed by atoms with Crippen molar-refractivity contribution in [2.24, 2.45) is 0 Å². The van der Waals surface area contributed by atoms with Crippen LogP contribution in [0.3, 0.4) is 0 Å². The van der Waals surface area contributed by atoms with E-state index in [9.17, 15) is 13.2 Å². The van der Waals surface area contributed by atoms with Gasteiger partial charge in [0.05, 0.1) is 0 Å². The molecule has 0 atom stereocenters. The Kier molecular flexibility index (Phi) is 3.85. The molecule has 0 unspecified atom stereocenters. The van der Waals surface area contributed by atoms with Gasteiger partial charge < -0.3 is 5.73 Å². The van der Waals surface area contributed by atoms with Gasteiger partial charge in [-0.05, 0) is 30.5 Å². The molecule has 0 aliphatic carbocycles. The van der Waals surface area contributed by atoms with Crippen LogP contribution < -0.4 is 5.73 Å². The first-order chi connectivity index (χ1) is 8.86. The number of benzene rings is 1. The third kappa shape index (κ3) is 3.50. The molecule has 1 aromatic carbocycles. The molecule has 0 radical (unpaired) electrons. The molecule has 5 heteroatoms. The molecule has 0 fully saturated rings. The normalized spacial score (nSPS) is 17.4. The first-order valence-corrected chi connectivity index (χ1v) is 6.20. The zero-order valence-electron chi connectivity index (χ0n) is 10.8. The maximum atomic E-state index is 12.5. The van der Waals surface area contributed by atoms with Crippen LogP contribution in [0.2, 0.25) is 0 Å². The first-order valence-electron chi connectivity index (χ1n) is 6.20. The van der Waals surface area contributed by atoms with E-state index < -0.39 is 11.7 Å². The highest BCUT2D eigenvalue weighted by Crippen LogP contribution is 2.30. The van der Waals surface area contributed by atoms with Gasteiger partial charge in [0.25, 0.3) is 0 Å². The van der Waals surface area contributed by atoms with Crippen molar-refractivity contribution in [2.75, 3.05) is 18.8 Å². The standard InChI is InChI=1S/C14H17F3N2/c1-10-2-3-11(8-13(10)18)9-19-6-4-12(5-7-19)14(15,16)17/h2-4,8H,5-7,9,18H2,1H3. The molecule has 104 valence electrons. The third-order valence-corrected chi connectivity index (χ3v) is 3.41. The minimum atomic E-state index is -4.18. The lowest BCUT2D eigenvalue weighted by Gasteiger charge is -2.27. The third-order valence-electron chi connectivity index (χ3n) is 3.41. The second kappa shape index (κ2) is 5.25. The monoisotopic (exact) mass is 270 g/mol. The van der Waals surface area contributed by atoms with Gasteiger partial charge in [-0.3, -0.25) is 4.90 Å². The summed E-state index contributed by atoms with van der Waals surface area (Å²) in [7, 11) is 0. The van der Waals surface area contributed by atoms with Crippen LogP contribution >= 0.6 is 0 Å². The molecule has 2 rings (SSSR count). The van der Waals surface area contributed by atoms with Crippen molar-refractivity contribution in [2.45, 2.75) is 26.1 Å². The lowest BCUT2D eigenvalue weighted by Crippen LogP contribution is -2.31. The number of halogens is 3. The number of nitrogens with zero attached hydrogens (tertiary/aromatic N) is 1. The van der Waals surface area contributed by atoms with Crippen molar-refractivity contribution in [3.8, 4) is 0 Å². The highest BCUT2D eigenvalue weighted by atomic mass is 19.4. The van der Waals surface area contributed by atoms with Gasteiger partial charge in [0.15, 0.2) is 0 Å². The van der Waals surface area contributed by atoms with Crippen molar-refractivity contribution in [1.82, 2.24) is 4.90 Å². The SMILES string of the molecule is Cc1ccc(CN2CC=C(C(F)(F)F)CC2)cc1N. The summed E-state index contributed by atoms with van der Waals surface area (Å²) in [6, 6.07) is 5.79. The molecule has 19 heavy (non-hydrogen) atoms. The number of hydrogen-bond acceptors (Lipinski definition) is 2. The number of anilines is 1. The Balaban J connectivity index is 1.99. The zero-order chi connectivity index (χ0) is 14.0. The molecule has 1 aliphatic heterocycles. The maximum absolute atomic E-state index is 12.5. The summed E-state index contributed by atoms with van der Waals surface area (Å²) in [5.41, 5.74) is 8.19. The highest BCUT2D eigenvalue weighted by molar-refractivity contribution is 5.48. The fourth-order valence-electron chi connectivity index (χ4n) is 2.16. The summed E-state index contributed by atoms with van der Waals surface area (Å²) in [5.74, 6) is 0. The molecule has 0 saturated carbocycles. The van der Waals surface area contributed by atoms with E-state index in [0.717, 1.165) is 16.8 Å². The van der Waals surface area contributed by atoms with Gasteiger partial charge in [-0.2, -0.15) is 13.2 Å². The van der Waals surface area contributed by atoms with E-state index in [1.165, 1.54) is 6.08 Å². The van der Waals surface area contributed by atoms with Crippen LogP contribution in [0.25, 0.3) is 0 Å². The molecule has 2 N–H and O–H groups in total. The zero-order valence-corrected chi connectivity index (χ0v) is 10.8. The Morgan fingerprint density at radius 2 is 2.05 bits per heavy atom. The molecule has 0 aromatic heterocycles. The van der Waals surface area contributed by atoms with Crippen LogP contribution in [0.15, 0.2) is 29.8 Å². The number of nitrogens with two attached hydrogens (primary N) is 1. The Labute approximate surface area is 110 Å². The molecular formula is C14H17F3N2. The molecule has 2 nitrogen and oxygen atoms in total. The molecule has 0 bridgehead atoms. The van der Waals surface area contributed by atoms with E-state index in [0.29, 0.717) is 19.6 Å². The Morgan fingerprint density at radius 3 is 2.58 bits per heavy atom. The molecular weight excluding hydrogens is 253 g/mol. The summed E-state index contributed by atoms with van der Waals surface area (Å²) < 4.78 is 37.5. The fraction of sp³-hybridized carbons (Fsp3) is 0.429. The predicted molar refractivity (Wildman–Crippen MR) is 69.6 cm³/mol. The second-order valence-corrected chi connectivity index (χ2v) is 4.90. The van der Waals surface area contributed by atoms with Crippen LogP contribution in [-0.2, 0) is 6.54 Å². The molecule has 0 amide bonds. The quantitative estimate of drug-likeness (QED) is 0.660. The van der Waals surface area contributed by atoms with Gasteiger partial charge in [-0.25, -0.2) is 0 Å². The van der Waals surface area contributed by atoms with Gasteiger partial charge in [0.1, 0.15) is 0 Å². The summed E-state index contributed by atoms with van der Waals surface area (Å²) in [6.45, 7) is 3.33. The average Bonchev–Trinajstić information content (AvgIpc) is 2.33. The molecule has 0 saturated heterocycles. The summed E-state index contributed by atoms with van der Waals surface area (Å²) in [5, 5.41) is 0. The van der Waals surface area contributed by atoms with Gasteiger partial charge >= 0.3 is 6.18 Å². The van der Waals surface area contributed by atoms with E-state index in [1.807, 2.05) is 30.0 Å². The molecule has 1 aromatic rings. The Bertz CT molecular complexity index is 492. The van der Waals surface area contributed by atoms with E-state index >= 15 is 0 Å². The Hall–Kier alpha value is -1.49. The number of aryl methyl sites for hydroxylation is 1. The number of hydrogen-bond donors (Lipinski definition) is 1. The van der Waals surface area contributed by atoms with E-state index in [1.54, 1.807) is 0 Å². The minimum Gasteiger partial charge on any atom is -0.399 e. The Morgan fingerprint density at radius 1 is 1.32 bits per heavy atom. The van der Waals surface area contributed by atoms with Gasteiger partial charge in [0.2, 0.25) is 0 Å². The van der Waals surface area contributed by atoms with Crippen LogP contribution in [-0.4, -0.2) is 24.2 Å². The lowest BCUT2D eigenvalue weighted by atomic mass is 10.1. The van der Waals surface area contributed by atoms with E-state index in [4.69, 9.17) is 5.73 Å². The molecule has 1 aliphatic rings. The van der Waals surface area contributed by atoms with Gasteiger partial charge in [-0.15, -0.1) is 0 Å². The van der Waals surface area contributed by atoms with Crippen molar-refractivity contribution >= 4 is 5.69 Å². The summed E-state index contributed by atoms with van der Waals surface area (Å²) in [6.07, 6.45) is -2.84. The molecule has 1 heterocycles. The van der Waals surface area contributed by atoms with Crippen molar-refractivity contribution in [3.05, 3.63) is 41.0 Å². The highest BCUT2D eigenvalue weighted by Gasteiger charge is 2.34. The fourth-order valence-corrected chi connectivity index (χ4v) is 2.16. The average molecular weight is 270 g/mol. The van der Waals surface area contributed by atoms with Crippen molar-refractivity contribution in [1.29, 1.82) is 0 Å². The maximum Gasteiger partial charge on any atom is 0.412 e.